The molecule has 35 heavy (non-hydrogen) atoms. The number of hydrogen-bond donors (Lipinski definition) is 3. The highest BCUT2D eigenvalue weighted by Crippen LogP contribution is 2.51. The number of Topliss-reactive ketones (excluding diaryl/α,β-unsaturated/α-hetero) is 4. The number of amides is 1. The first kappa shape index (κ1) is 25.4. The van der Waals surface area contributed by atoms with Crippen molar-refractivity contribution >= 4 is 40.6 Å². The van der Waals surface area contributed by atoms with Crippen LogP contribution >= 0.6 is 11.6 Å². The first-order valence-corrected chi connectivity index (χ1v) is 11.6. The predicted molar refractivity (Wildman–Crippen MR) is 124 cm³/mol. The Morgan fingerprint density at radius 1 is 1.17 bits per heavy atom. The summed E-state index contributed by atoms with van der Waals surface area (Å²) >= 11 is 6.63. The number of primary amides is 1. The number of carbonyl (C=O) groups excluding carboxylic acids is 5. The van der Waals surface area contributed by atoms with Crippen molar-refractivity contribution in [2.75, 3.05) is 28.2 Å². The highest BCUT2D eigenvalue weighted by molar-refractivity contribution is 6.34. The average molecular weight is 506 g/mol. The SMILES string of the molecule is CN(C)Cc1cc(O)c2c(c1Cl)C[C@H]1C[C@H]3[C@H](N(C)C)C(=O)C(C(N)=O)C(=O)[C@@]3(O)C(=O)C1C2=O. The molecule has 0 aromatic heterocycles. The Labute approximate surface area is 207 Å². The van der Waals surface area contributed by atoms with Crippen molar-refractivity contribution in [2.24, 2.45) is 29.4 Å². The summed E-state index contributed by atoms with van der Waals surface area (Å²) in [6.45, 7) is 0.406. The second-order valence-electron chi connectivity index (χ2n) is 10.2. The van der Waals surface area contributed by atoms with E-state index >= 15 is 0 Å². The van der Waals surface area contributed by atoms with Crippen LogP contribution in [0.25, 0.3) is 0 Å². The number of fused-ring (bicyclic) bond motifs is 3. The van der Waals surface area contributed by atoms with Gasteiger partial charge in [-0.3, -0.25) is 28.9 Å². The van der Waals surface area contributed by atoms with E-state index in [4.69, 9.17) is 17.3 Å². The number of aliphatic hydroxyl groups is 1. The third kappa shape index (κ3) is 3.54. The van der Waals surface area contributed by atoms with Crippen LogP contribution < -0.4 is 5.73 Å². The fourth-order valence-electron chi connectivity index (χ4n) is 6.16. The number of halogens is 1. The van der Waals surface area contributed by atoms with Crippen molar-refractivity contribution in [3.63, 3.8) is 0 Å². The van der Waals surface area contributed by atoms with Gasteiger partial charge in [0.1, 0.15) is 5.75 Å². The van der Waals surface area contributed by atoms with Gasteiger partial charge in [0.15, 0.2) is 34.7 Å². The van der Waals surface area contributed by atoms with Crippen LogP contribution in [-0.4, -0.2) is 88.9 Å². The topological polar surface area (TPSA) is 158 Å². The molecule has 4 N–H and O–H groups in total. The van der Waals surface area contributed by atoms with E-state index in [0.29, 0.717) is 22.7 Å². The number of benzene rings is 1. The van der Waals surface area contributed by atoms with Crippen LogP contribution in [0, 0.1) is 23.7 Å². The molecule has 1 aromatic rings. The zero-order valence-corrected chi connectivity index (χ0v) is 20.6. The first-order chi connectivity index (χ1) is 16.2. The van der Waals surface area contributed by atoms with Crippen LogP contribution in [-0.2, 0) is 32.1 Å². The molecule has 0 saturated heterocycles. The smallest absolute Gasteiger partial charge is 0.235 e. The molecule has 0 aliphatic heterocycles. The molecule has 2 saturated carbocycles. The van der Waals surface area contributed by atoms with E-state index in [0.717, 1.165) is 0 Å². The Kier molecular flexibility index (Phi) is 6.16. The molecule has 10 nitrogen and oxygen atoms in total. The molecule has 1 aromatic carbocycles. The number of phenolic OH excluding ortho intramolecular Hbond substituents is 1. The Morgan fingerprint density at radius 2 is 1.80 bits per heavy atom. The number of aromatic hydroxyl groups is 1. The highest BCUT2D eigenvalue weighted by Gasteiger charge is 2.69. The maximum Gasteiger partial charge on any atom is 0.235 e. The quantitative estimate of drug-likeness (QED) is 0.462. The van der Waals surface area contributed by atoms with Gasteiger partial charge in [0.25, 0.3) is 0 Å². The minimum absolute atomic E-state index is 0.0150. The van der Waals surface area contributed by atoms with Crippen LogP contribution in [0.1, 0.15) is 27.9 Å². The van der Waals surface area contributed by atoms with E-state index in [-0.39, 0.29) is 24.2 Å². The Hall–Kier alpha value is -2.66. The number of ketones is 4. The summed E-state index contributed by atoms with van der Waals surface area (Å²) in [6.07, 6.45) is 0.123. The monoisotopic (exact) mass is 505 g/mol. The second-order valence-corrected chi connectivity index (χ2v) is 10.6. The minimum Gasteiger partial charge on any atom is -0.507 e. The fraction of sp³-hybridized carbons (Fsp3) is 0.542. The molecule has 6 atom stereocenters. The second kappa shape index (κ2) is 8.48. The van der Waals surface area contributed by atoms with Gasteiger partial charge in [0, 0.05) is 17.5 Å². The number of carbonyl (C=O) groups is 5. The lowest BCUT2D eigenvalue weighted by molar-refractivity contribution is -0.181. The van der Waals surface area contributed by atoms with Crippen molar-refractivity contribution in [1.29, 1.82) is 0 Å². The number of nitrogens with two attached hydrogens (primary N) is 1. The summed E-state index contributed by atoms with van der Waals surface area (Å²) in [5.41, 5.74) is 3.47. The molecule has 0 radical (unpaired) electrons. The molecule has 11 heteroatoms. The van der Waals surface area contributed by atoms with Gasteiger partial charge in [-0.1, -0.05) is 11.6 Å². The van der Waals surface area contributed by atoms with Crippen molar-refractivity contribution < 1.29 is 34.2 Å². The van der Waals surface area contributed by atoms with Gasteiger partial charge in [0.05, 0.1) is 17.5 Å². The minimum atomic E-state index is -2.73. The number of hydrogen-bond acceptors (Lipinski definition) is 9. The lowest BCUT2D eigenvalue weighted by atomic mass is 9.52. The summed E-state index contributed by atoms with van der Waals surface area (Å²) in [7, 11) is 6.73. The lowest BCUT2D eigenvalue weighted by Crippen LogP contribution is -2.74. The van der Waals surface area contributed by atoms with Crippen LogP contribution in [0.3, 0.4) is 0 Å². The van der Waals surface area contributed by atoms with Crippen LogP contribution in [0.2, 0.25) is 5.02 Å². The number of phenols is 1. The number of nitrogens with zero attached hydrogens (tertiary/aromatic N) is 2. The van der Waals surface area contributed by atoms with E-state index in [2.05, 4.69) is 0 Å². The van der Waals surface area contributed by atoms with E-state index in [9.17, 15) is 34.2 Å². The summed E-state index contributed by atoms with van der Waals surface area (Å²) in [6, 6.07) is 0.236. The van der Waals surface area contributed by atoms with E-state index < -0.39 is 64.4 Å². The van der Waals surface area contributed by atoms with Crippen molar-refractivity contribution in [3.8, 4) is 5.75 Å². The zero-order valence-electron chi connectivity index (χ0n) is 19.9. The molecule has 1 amide bonds. The lowest BCUT2D eigenvalue weighted by Gasteiger charge is -2.52. The zero-order chi connectivity index (χ0) is 26.1. The summed E-state index contributed by atoms with van der Waals surface area (Å²) < 4.78 is 0. The maximum atomic E-state index is 13.7. The Balaban J connectivity index is 1.86. The van der Waals surface area contributed by atoms with E-state index in [1.54, 1.807) is 0 Å². The molecule has 3 aliphatic rings. The van der Waals surface area contributed by atoms with Gasteiger partial charge in [-0.05, 0) is 64.1 Å². The van der Waals surface area contributed by atoms with Crippen LogP contribution in [0.15, 0.2) is 6.07 Å². The van der Waals surface area contributed by atoms with Crippen molar-refractivity contribution in [1.82, 2.24) is 9.80 Å². The Morgan fingerprint density at radius 3 is 2.34 bits per heavy atom. The molecule has 0 heterocycles. The molecule has 2 unspecified atom stereocenters. The van der Waals surface area contributed by atoms with Crippen LogP contribution in [0.4, 0.5) is 0 Å². The third-order valence-electron chi connectivity index (χ3n) is 7.56. The molecular weight excluding hydrogens is 478 g/mol. The van der Waals surface area contributed by atoms with Crippen LogP contribution in [0.5, 0.6) is 5.75 Å². The van der Waals surface area contributed by atoms with Gasteiger partial charge in [-0.15, -0.1) is 0 Å². The molecule has 3 aliphatic carbocycles. The maximum absolute atomic E-state index is 13.7. The first-order valence-electron chi connectivity index (χ1n) is 11.3. The predicted octanol–water partition coefficient (Wildman–Crippen LogP) is -0.418. The summed E-state index contributed by atoms with van der Waals surface area (Å²) in [5, 5.41) is 22.5. The molecule has 0 spiro atoms. The summed E-state index contributed by atoms with van der Waals surface area (Å²) in [4.78, 5) is 68.8. The molecule has 188 valence electrons. The van der Waals surface area contributed by atoms with Gasteiger partial charge >= 0.3 is 0 Å². The fourth-order valence-corrected chi connectivity index (χ4v) is 6.45. The average Bonchev–Trinajstić information content (AvgIpc) is 2.73. The van der Waals surface area contributed by atoms with E-state index in [1.807, 2.05) is 19.0 Å². The highest BCUT2D eigenvalue weighted by atomic mass is 35.5. The standard InChI is InChI=1S/C24H28ClN3O7/c1-27(2)8-10-7-13(29)15-11(17(10)25)5-9-6-12-18(28(3)4)20(31)16(23(26)34)22(33)24(12,35)21(32)14(9)19(15)30/h7,9,12,14,16,18,29,35H,5-6,8H2,1-4H3,(H2,26,34)/t9-,12-,14?,16?,18-,24-/m0/s1. The van der Waals surface area contributed by atoms with E-state index in [1.165, 1.54) is 25.1 Å². The van der Waals surface area contributed by atoms with Gasteiger partial charge in [-0.25, -0.2) is 0 Å². The molecular formula is C24H28ClN3O7. The van der Waals surface area contributed by atoms with Crippen molar-refractivity contribution in [2.45, 2.75) is 31.0 Å². The summed E-state index contributed by atoms with van der Waals surface area (Å²) in [5.74, 6) is -10.7. The molecule has 0 bridgehead atoms. The van der Waals surface area contributed by atoms with Gasteiger partial charge in [-0.2, -0.15) is 0 Å². The molecule has 2 fully saturated rings. The number of rotatable bonds is 4. The third-order valence-corrected chi connectivity index (χ3v) is 8.03. The van der Waals surface area contributed by atoms with Gasteiger partial charge in [0.2, 0.25) is 5.91 Å². The number of likely N-dealkylation sites (N-methyl/N-ethyl adjacent to an activating group) is 1. The van der Waals surface area contributed by atoms with Gasteiger partial charge < -0.3 is 20.8 Å². The molecule has 4 rings (SSSR count). The largest absolute Gasteiger partial charge is 0.507 e. The normalized spacial score (nSPS) is 32.5. The Bertz CT molecular complexity index is 1180. The van der Waals surface area contributed by atoms with Crippen molar-refractivity contribution in [3.05, 3.63) is 27.8 Å².